The number of fused-ring (bicyclic) bond motifs is 1. The normalized spacial score (nSPS) is 24.0. The van der Waals surface area contributed by atoms with Crippen LogP contribution in [0.2, 0.25) is 0 Å². The molecule has 1 unspecified atom stereocenters. The van der Waals surface area contributed by atoms with Crippen molar-refractivity contribution in [1.29, 1.82) is 0 Å². The minimum Gasteiger partial charge on any atom is -0.403 e. The molecular weight excluding hydrogens is 443 g/mol. The number of aliphatic imine (C=N–C) groups is 1. The quantitative estimate of drug-likeness (QED) is 0.675. The second-order valence-electron chi connectivity index (χ2n) is 8.43. The van der Waals surface area contributed by atoms with Crippen LogP contribution in [0.3, 0.4) is 0 Å². The summed E-state index contributed by atoms with van der Waals surface area (Å²) < 4.78 is 19.1. The molecule has 0 radical (unpaired) electrons. The molecule has 8 nitrogen and oxygen atoms in total. The number of pyridine rings is 1. The van der Waals surface area contributed by atoms with Gasteiger partial charge in [-0.2, -0.15) is 0 Å². The minimum atomic E-state index is -0.793. The number of halogens is 1. The lowest BCUT2D eigenvalue weighted by Gasteiger charge is -2.26. The van der Waals surface area contributed by atoms with Crippen LogP contribution in [-0.2, 0) is 11.2 Å². The van der Waals surface area contributed by atoms with Gasteiger partial charge in [-0.15, -0.1) is 11.3 Å². The number of carbonyl (C=O) groups excluding carboxylic acids is 1. The molecule has 2 fully saturated rings. The van der Waals surface area contributed by atoms with Crippen molar-refractivity contribution in [3.05, 3.63) is 40.8 Å². The summed E-state index contributed by atoms with van der Waals surface area (Å²) in [6.07, 6.45) is 8.04. The van der Waals surface area contributed by atoms with E-state index in [2.05, 4.69) is 9.98 Å². The van der Waals surface area contributed by atoms with Crippen molar-refractivity contribution in [2.75, 3.05) is 31.1 Å². The second-order valence-corrected chi connectivity index (χ2v) is 9.43. The summed E-state index contributed by atoms with van der Waals surface area (Å²) >= 11 is 1.36. The first kappa shape index (κ1) is 22.0. The Labute approximate surface area is 196 Å². The molecule has 2 N–H and O–H groups in total. The molecule has 5 heterocycles. The highest BCUT2D eigenvalue weighted by atomic mass is 32.1. The predicted octanol–water partition coefficient (Wildman–Crippen LogP) is 3.15. The van der Waals surface area contributed by atoms with Crippen LogP contribution in [0.5, 0.6) is 0 Å². The SMILES string of the molecule is N/C=C(\C=N\C1CCCCO1)N1CCc2nc(-c3ccc(N4CC[C@@H](F)C4)nc3)sc2C1=O. The third kappa shape index (κ3) is 4.63. The lowest BCUT2D eigenvalue weighted by molar-refractivity contribution is 0.0226. The van der Waals surface area contributed by atoms with Gasteiger partial charge in [0, 0.05) is 50.3 Å². The fraction of sp³-hybridized carbons (Fsp3) is 0.478. The highest BCUT2D eigenvalue weighted by Gasteiger charge is 2.30. The van der Waals surface area contributed by atoms with Crippen molar-refractivity contribution in [2.45, 2.75) is 44.5 Å². The second kappa shape index (κ2) is 9.56. The number of allylic oxidation sites excluding steroid dienone is 1. The number of nitrogens with two attached hydrogens (primary N) is 1. The van der Waals surface area contributed by atoms with E-state index in [1.165, 1.54) is 17.5 Å². The first-order valence-corrected chi connectivity index (χ1v) is 12.2. The van der Waals surface area contributed by atoms with Gasteiger partial charge in [-0.1, -0.05) is 0 Å². The predicted molar refractivity (Wildman–Crippen MR) is 126 cm³/mol. The molecule has 2 aromatic heterocycles. The summed E-state index contributed by atoms with van der Waals surface area (Å²) in [7, 11) is 0. The monoisotopic (exact) mass is 470 g/mol. The van der Waals surface area contributed by atoms with E-state index in [0.29, 0.717) is 49.7 Å². The number of hydrogen-bond donors (Lipinski definition) is 1. The van der Waals surface area contributed by atoms with Crippen LogP contribution in [-0.4, -0.2) is 65.6 Å². The number of amides is 1. The van der Waals surface area contributed by atoms with Crippen LogP contribution in [0.1, 0.15) is 41.0 Å². The Kier molecular flexibility index (Phi) is 6.37. The molecule has 2 atom stereocenters. The molecule has 0 aliphatic carbocycles. The van der Waals surface area contributed by atoms with E-state index in [4.69, 9.17) is 15.5 Å². The van der Waals surface area contributed by atoms with E-state index in [0.717, 1.165) is 41.3 Å². The molecule has 3 aliphatic rings. The average Bonchev–Trinajstić information content (AvgIpc) is 3.48. The number of alkyl halides is 1. The van der Waals surface area contributed by atoms with Crippen LogP contribution < -0.4 is 10.6 Å². The molecule has 2 aromatic rings. The van der Waals surface area contributed by atoms with E-state index in [1.54, 1.807) is 17.3 Å². The van der Waals surface area contributed by atoms with Crippen LogP contribution in [0.25, 0.3) is 10.6 Å². The Hall–Kier alpha value is -2.85. The summed E-state index contributed by atoms with van der Waals surface area (Å²) in [4.78, 5) is 31.1. The van der Waals surface area contributed by atoms with Crippen LogP contribution in [0.15, 0.2) is 35.2 Å². The molecule has 0 bridgehead atoms. The van der Waals surface area contributed by atoms with E-state index in [1.807, 2.05) is 17.0 Å². The number of rotatable bonds is 5. The topological polar surface area (TPSA) is 96.9 Å². The first-order chi connectivity index (χ1) is 16.1. The molecule has 0 saturated carbocycles. The third-order valence-electron chi connectivity index (χ3n) is 6.17. The Balaban J connectivity index is 1.31. The van der Waals surface area contributed by atoms with Crippen molar-refractivity contribution in [3.8, 4) is 10.6 Å². The number of nitrogens with zero attached hydrogens (tertiary/aromatic N) is 5. The molecule has 2 saturated heterocycles. The van der Waals surface area contributed by atoms with Crippen molar-refractivity contribution in [3.63, 3.8) is 0 Å². The molecule has 3 aliphatic heterocycles. The smallest absolute Gasteiger partial charge is 0.270 e. The van der Waals surface area contributed by atoms with Gasteiger partial charge < -0.3 is 20.3 Å². The number of anilines is 1. The van der Waals surface area contributed by atoms with E-state index >= 15 is 0 Å². The molecule has 174 valence electrons. The van der Waals surface area contributed by atoms with Crippen molar-refractivity contribution in [1.82, 2.24) is 14.9 Å². The molecule has 33 heavy (non-hydrogen) atoms. The standard InChI is InChI=1S/C23H27FN6O2S/c24-16-6-8-29(14-16)19-5-4-15(12-26-19)22-28-18-7-9-30(23(31)21(18)33-22)17(11-25)13-27-20-3-1-2-10-32-20/h4-5,11-13,16,20H,1-3,6-10,14,25H2/b17-11+,27-13+/t16-,20?/m1/s1. The summed E-state index contributed by atoms with van der Waals surface area (Å²) in [5, 5.41) is 0.751. The number of hydrogen-bond acceptors (Lipinski definition) is 8. The fourth-order valence-electron chi connectivity index (χ4n) is 4.33. The molecule has 1 amide bonds. The number of thiazole rings is 1. The molecule has 10 heteroatoms. The first-order valence-electron chi connectivity index (χ1n) is 11.4. The van der Waals surface area contributed by atoms with Gasteiger partial charge >= 0.3 is 0 Å². The summed E-state index contributed by atoms with van der Waals surface area (Å²) in [5.41, 5.74) is 8.05. The van der Waals surface area contributed by atoms with Crippen LogP contribution >= 0.6 is 11.3 Å². The van der Waals surface area contributed by atoms with Gasteiger partial charge in [0.15, 0.2) is 0 Å². The zero-order chi connectivity index (χ0) is 22.8. The fourth-order valence-corrected chi connectivity index (χ4v) is 5.38. The molecule has 5 rings (SSSR count). The largest absolute Gasteiger partial charge is 0.403 e. The summed E-state index contributed by atoms with van der Waals surface area (Å²) in [6.45, 7) is 2.27. The van der Waals surface area contributed by atoms with Gasteiger partial charge in [0.05, 0.1) is 17.9 Å². The molecule has 0 spiro atoms. The maximum Gasteiger partial charge on any atom is 0.270 e. The van der Waals surface area contributed by atoms with Crippen molar-refractivity contribution < 1.29 is 13.9 Å². The van der Waals surface area contributed by atoms with Gasteiger partial charge in [-0.05, 0) is 37.8 Å². The minimum absolute atomic E-state index is 0.122. The summed E-state index contributed by atoms with van der Waals surface area (Å²) in [5.74, 6) is 0.643. The lowest BCUT2D eigenvalue weighted by atomic mass is 10.1. The number of carbonyl (C=O) groups is 1. The van der Waals surface area contributed by atoms with E-state index in [-0.39, 0.29) is 12.1 Å². The van der Waals surface area contributed by atoms with Gasteiger partial charge in [-0.25, -0.2) is 14.4 Å². The highest BCUT2D eigenvalue weighted by Crippen LogP contribution is 2.33. The van der Waals surface area contributed by atoms with Gasteiger partial charge in [0.25, 0.3) is 5.91 Å². The Morgan fingerprint density at radius 3 is 2.91 bits per heavy atom. The highest BCUT2D eigenvalue weighted by molar-refractivity contribution is 7.17. The zero-order valence-electron chi connectivity index (χ0n) is 18.3. The van der Waals surface area contributed by atoms with Gasteiger partial charge in [0.1, 0.15) is 28.1 Å². The Bertz CT molecular complexity index is 1060. The van der Waals surface area contributed by atoms with E-state index < -0.39 is 6.17 Å². The van der Waals surface area contributed by atoms with E-state index in [9.17, 15) is 9.18 Å². The van der Waals surface area contributed by atoms with Crippen LogP contribution in [0, 0.1) is 0 Å². The third-order valence-corrected chi connectivity index (χ3v) is 7.30. The van der Waals surface area contributed by atoms with Crippen LogP contribution in [0.4, 0.5) is 10.2 Å². The van der Waals surface area contributed by atoms with Crippen molar-refractivity contribution >= 4 is 29.3 Å². The maximum absolute atomic E-state index is 13.5. The molecular formula is C23H27FN6O2S. The zero-order valence-corrected chi connectivity index (χ0v) is 19.1. The summed E-state index contributed by atoms with van der Waals surface area (Å²) in [6, 6.07) is 3.82. The Morgan fingerprint density at radius 1 is 1.30 bits per heavy atom. The van der Waals surface area contributed by atoms with Gasteiger partial charge in [-0.3, -0.25) is 9.79 Å². The molecule has 0 aromatic carbocycles. The average molecular weight is 471 g/mol. The Morgan fingerprint density at radius 2 is 2.21 bits per heavy atom. The maximum atomic E-state index is 13.5. The lowest BCUT2D eigenvalue weighted by Crippen LogP contribution is -2.37. The number of aromatic nitrogens is 2. The van der Waals surface area contributed by atoms with Crippen molar-refractivity contribution in [2.24, 2.45) is 10.7 Å². The van der Waals surface area contributed by atoms with Gasteiger partial charge in [0.2, 0.25) is 0 Å². The number of ether oxygens (including phenoxy) is 1.